The Labute approximate surface area is 108 Å². The van der Waals surface area contributed by atoms with Gasteiger partial charge in [-0.25, -0.2) is 0 Å². The van der Waals surface area contributed by atoms with Gasteiger partial charge in [0.1, 0.15) is 0 Å². The molecule has 0 spiro atoms. The van der Waals surface area contributed by atoms with E-state index in [-0.39, 0.29) is 11.3 Å². The Balaban J connectivity index is 2.12. The maximum atomic E-state index is 12.5. The van der Waals surface area contributed by atoms with Crippen molar-refractivity contribution in [2.45, 2.75) is 33.1 Å². The summed E-state index contributed by atoms with van der Waals surface area (Å²) < 4.78 is 1.72. The zero-order chi connectivity index (χ0) is 13.2. The summed E-state index contributed by atoms with van der Waals surface area (Å²) in [4.78, 5) is 12.5. The number of hydrogen-bond donors (Lipinski definition) is 2. The topological polar surface area (TPSA) is 59.0 Å². The van der Waals surface area contributed by atoms with E-state index in [0.29, 0.717) is 0 Å². The van der Waals surface area contributed by atoms with Gasteiger partial charge < -0.3 is 10.6 Å². The van der Waals surface area contributed by atoms with Crippen LogP contribution < -0.4 is 10.6 Å². The van der Waals surface area contributed by atoms with Crippen LogP contribution in [0.3, 0.4) is 0 Å². The summed E-state index contributed by atoms with van der Waals surface area (Å²) in [6.45, 7) is 5.78. The molecule has 1 aliphatic rings. The molecule has 1 amide bonds. The van der Waals surface area contributed by atoms with Crippen molar-refractivity contribution >= 4 is 11.6 Å². The quantitative estimate of drug-likeness (QED) is 0.853. The van der Waals surface area contributed by atoms with Gasteiger partial charge in [0.15, 0.2) is 0 Å². The Morgan fingerprint density at radius 1 is 1.67 bits per heavy atom. The van der Waals surface area contributed by atoms with Crippen molar-refractivity contribution in [2.75, 3.05) is 18.4 Å². The van der Waals surface area contributed by atoms with Gasteiger partial charge in [-0.15, -0.1) is 0 Å². The van der Waals surface area contributed by atoms with Crippen LogP contribution in [0.4, 0.5) is 5.69 Å². The van der Waals surface area contributed by atoms with E-state index in [1.807, 2.05) is 20.2 Å². The standard InChI is InChI=1S/C13H22N4O/c1-4-13(6-5-7-14-9-13)12(18)15-11-8-17(3)16-10(11)2/h8,14H,4-7,9H2,1-3H3,(H,15,18). The molecule has 1 aliphatic heterocycles. The molecule has 0 radical (unpaired) electrons. The third kappa shape index (κ3) is 2.41. The second kappa shape index (κ2) is 5.10. The van der Waals surface area contributed by atoms with E-state index >= 15 is 0 Å². The van der Waals surface area contributed by atoms with E-state index in [0.717, 1.165) is 43.7 Å². The molecule has 1 saturated heterocycles. The third-order valence-electron chi connectivity index (χ3n) is 3.89. The molecule has 5 nitrogen and oxygen atoms in total. The first kappa shape index (κ1) is 13.1. The molecule has 1 aromatic rings. The van der Waals surface area contributed by atoms with E-state index in [1.54, 1.807) is 4.68 Å². The van der Waals surface area contributed by atoms with Crippen LogP contribution in [-0.2, 0) is 11.8 Å². The highest BCUT2D eigenvalue weighted by Gasteiger charge is 2.38. The van der Waals surface area contributed by atoms with Crippen LogP contribution in [0, 0.1) is 12.3 Å². The molecule has 1 atom stereocenters. The van der Waals surface area contributed by atoms with Crippen LogP contribution in [0.15, 0.2) is 6.20 Å². The number of aryl methyl sites for hydroxylation is 2. The van der Waals surface area contributed by atoms with Crippen LogP contribution in [-0.4, -0.2) is 28.8 Å². The van der Waals surface area contributed by atoms with E-state index in [4.69, 9.17) is 0 Å². The number of carbonyl (C=O) groups excluding carboxylic acids is 1. The number of aromatic nitrogens is 2. The number of nitrogens with one attached hydrogen (secondary N) is 2. The van der Waals surface area contributed by atoms with Crippen molar-refractivity contribution in [1.29, 1.82) is 0 Å². The molecule has 1 unspecified atom stereocenters. The first-order valence-electron chi connectivity index (χ1n) is 6.60. The lowest BCUT2D eigenvalue weighted by atomic mass is 9.77. The highest BCUT2D eigenvalue weighted by Crippen LogP contribution is 2.31. The summed E-state index contributed by atoms with van der Waals surface area (Å²) >= 11 is 0. The summed E-state index contributed by atoms with van der Waals surface area (Å²) in [5, 5.41) is 10.6. The molecule has 1 fully saturated rings. The van der Waals surface area contributed by atoms with Crippen molar-refractivity contribution in [2.24, 2.45) is 12.5 Å². The maximum absolute atomic E-state index is 12.5. The van der Waals surface area contributed by atoms with Crippen molar-refractivity contribution < 1.29 is 4.79 Å². The molecule has 2 N–H and O–H groups in total. The Bertz CT molecular complexity index is 432. The van der Waals surface area contributed by atoms with Crippen molar-refractivity contribution in [3.8, 4) is 0 Å². The van der Waals surface area contributed by atoms with E-state index in [1.165, 1.54) is 0 Å². The van der Waals surface area contributed by atoms with Crippen molar-refractivity contribution in [1.82, 2.24) is 15.1 Å². The van der Waals surface area contributed by atoms with Crippen LogP contribution in [0.2, 0.25) is 0 Å². The molecule has 100 valence electrons. The Morgan fingerprint density at radius 2 is 2.44 bits per heavy atom. The van der Waals surface area contributed by atoms with Crippen molar-refractivity contribution in [3.63, 3.8) is 0 Å². The first-order chi connectivity index (χ1) is 8.57. The van der Waals surface area contributed by atoms with Gasteiger partial charge in [-0.3, -0.25) is 9.48 Å². The summed E-state index contributed by atoms with van der Waals surface area (Å²) in [7, 11) is 1.86. The SMILES string of the molecule is CCC1(C(=O)Nc2cn(C)nc2C)CCCNC1. The Hall–Kier alpha value is -1.36. The molecule has 2 rings (SSSR count). The predicted molar refractivity (Wildman–Crippen MR) is 71.4 cm³/mol. The number of carbonyl (C=O) groups is 1. The van der Waals surface area contributed by atoms with Crippen molar-refractivity contribution in [3.05, 3.63) is 11.9 Å². The maximum Gasteiger partial charge on any atom is 0.231 e. The average molecular weight is 250 g/mol. The zero-order valence-electron chi connectivity index (χ0n) is 11.4. The van der Waals surface area contributed by atoms with E-state index in [9.17, 15) is 4.79 Å². The second-order valence-electron chi connectivity index (χ2n) is 5.17. The van der Waals surface area contributed by atoms with Crippen LogP contribution in [0.5, 0.6) is 0 Å². The molecule has 0 bridgehead atoms. The smallest absolute Gasteiger partial charge is 0.231 e. The van der Waals surface area contributed by atoms with Gasteiger partial charge in [-0.2, -0.15) is 5.10 Å². The highest BCUT2D eigenvalue weighted by molar-refractivity contribution is 5.95. The molecule has 0 saturated carbocycles. The van der Waals surface area contributed by atoms with Gasteiger partial charge in [0.2, 0.25) is 5.91 Å². The molecule has 2 heterocycles. The fraction of sp³-hybridized carbons (Fsp3) is 0.692. The molecule has 18 heavy (non-hydrogen) atoms. The number of piperidine rings is 1. The lowest BCUT2D eigenvalue weighted by molar-refractivity contribution is -0.126. The third-order valence-corrected chi connectivity index (χ3v) is 3.89. The second-order valence-corrected chi connectivity index (χ2v) is 5.17. The van der Waals surface area contributed by atoms with Gasteiger partial charge in [0.05, 0.1) is 16.8 Å². The molecular formula is C13H22N4O. The summed E-state index contributed by atoms with van der Waals surface area (Å²) in [5.41, 5.74) is 1.42. The van der Waals surface area contributed by atoms with Gasteiger partial charge in [-0.1, -0.05) is 6.92 Å². The molecule has 0 aliphatic carbocycles. The largest absolute Gasteiger partial charge is 0.323 e. The first-order valence-corrected chi connectivity index (χ1v) is 6.60. The summed E-state index contributed by atoms with van der Waals surface area (Å²) in [6, 6.07) is 0. The van der Waals surface area contributed by atoms with Gasteiger partial charge >= 0.3 is 0 Å². The lowest BCUT2D eigenvalue weighted by Crippen LogP contribution is -2.47. The number of amides is 1. The number of rotatable bonds is 3. The van der Waals surface area contributed by atoms with Crippen LogP contribution in [0.1, 0.15) is 31.9 Å². The minimum atomic E-state index is -0.263. The Morgan fingerprint density at radius 3 is 2.94 bits per heavy atom. The predicted octanol–water partition coefficient (Wildman–Crippen LogP) is 1.45. The monoisotopic (exact) mass is 250 g/mol. The van der Waals surface area contributed by atoms with Gasteiger partial charge in [0, 0.05) is 19.8 Å². The number of hydrogen-bond acceptors (Lipinski definition) is 3. The summed E-state index contributed by atoms with van der Waals surface area (Å²) in [6.07, 6.45) is 4.74. The number of nitrogens with zero attached hydrogens (tertiary/aromatic N) is 2. The Kier molecular flexibility index (Phi) is 3.71. The highest BCUT2D eigenvalue weighted by atomic mass is 16.2. The molecule has 0 aromatic carbocycles. The summed E-state index contributed by atoms with van der Waals surface area (Å²) in [5.74, 6) is 0.119. The van der Waals surface area contributed by atoms with Crippen LogP contribution >= 0.6 is 0 Å². The molecular weight excluding hydrogens is 228 g/mol. The van der Waals surface area contributed by atoms with E-state index < -0.39 is 0 Å². The van der Waals surface area contributed by atoms with Crippen LogP contribution in [0.25, 0.3) is 0 Å². The normalized spacial score (nSPS) is 23.9. The number of anilines is 1. The fourth-order valence-corrected chi connectivity index (χ4v) is 2.60. The van der Waals surface area contributed by atoms with E-state index in [2.05, 4.69) is 22.7 Å². The molecule has 1 aromatic heterocycles. The average Bonchev–Trinajstić information content (AvgIpc) is 2.68. The minimum Gasteiger partial charge on any atom is -0.323 e. The molecule has 5 heteroatoms. The minimum absolute atomic E-state index is 0.119. The fourth-order valence-electron chi connectivity index (χ4n) is 2.60. The van der Waals surface area contributed by atoms with Gasteiger partial charge in [0.25, 0.3) is 0 Å². The lowest BCUT2D eigenvalue weighted by Gasteiger charge is -2.35. The van der Waals surface area contributed by atoms with Gasteiger partial charge in [-0.05, 0) is 32.7 Å². The zero-order valence-corrected chi connectivity index (χ0v) is 11.4.